The largest absolute Gasteiger partial charge is 0.436 e. The van der Waals surface area contributed by atoms with Gasteiger partial charge in [0.2, 0.25) is 5.71 Å². The monoisotopic (exact) mass is 653 g/mol. The van der Waals surface area contributed by atoms with Crippen LogP contribution in [0.5, 0.6) is 0 Å². The fraction of sp³-hybridized carbons (Fsp3) is 0. The number of nitrogens with zero attached hydrogens (tertiary/aromatic N) is 5. The molecule has 0 aliphatic carbocycles. The zero-order valence-electron chi connectivity index (χ0n) is 27.2. The van der Waals surface area contributed by atoms with Gasteiger partial charge in [0.1, 0.15) is 11.1 Å². The normalized spacial score (nSPS) is 11.5. The lowest BCUT2D eigenvalue weighted by molar-refractivity contribution is 0.655. The van der Waals surface area contributed by atoms with Crippen LogP contribution in [0.3, 0.4) is 0 Å². The van der Waals surface area contributed by atoms with E-state index in [0.29, 0.717) is 23.2 Å². The maximum absolute atomic E-state index is 6.15. The van der Waals surface area contributed by atoms with Gasteiger partial charge in [0.15, 0.2) is 17.5 Å². The van der Waals surface area contributed by atoms with Crippen molar-refractivity contribution in [2.45, 2.75) is 0 Å². The molecule has 10 rings (SSSR count). The van der Waals surface area contributed by atoms with Crippen LogP contribution >= 0.6 is 0 Å². The minimum atomic E-state index is 0.553. The van der Waals surface area contributed by atoms with E-state index in [0.717, 1.165) is 71.7 Å². The van der Waals surface area contributed by atoms with E-state index in [1.807, 2.05) is 66.7 Å². The molecule has 0 spiro atoms. The second kappa shape index (κ2) is 11.8. The minimum Gasteiger partial charge on any atom is -0.436 e. The molecule has 6 nitrogen and oxygen atoms in total. The maximum Gasteiger partial charge on any atom is 0.246 e. The van der Waals surface area contributed by atoms with E-state index >= 15 is 0 Å². The fourth-order valence-electron chi connectivity index (χ4n) is 6.75. The van der Waals surface area contributed by atoms with Crippen LogP contribution in [0.1, 0.15) is 0 Å². The second-order valence-electron chi connectivity index (χ2n) is 12.5. The number of benzene rings is 7. The molecule has 0 amide bonds. The van der Waals surface area contributed by atoms with Crippen molar-refractivity contribution in [2.75, 3.05) is 0 Å². The highest BCUT2D eigenvalue weighted by Crippen LogP contribution is 2.36. The topological polar surface area (TPSA) is 77.6 Å². The van der Waals surface area contributed by atoms with Crippen molar-refractivity contribution in [2.24, 2.45) is 0 Å². The maximum atomic E-state index is 6.15. The molecule has 3 heterocycles. The standard InChI is InChI=1S/C45H27N5O/c1-3-9-28(10-4-1)29-15-19-32(20-16-29)43-48-42(31-11-5-2-6-12-31)49-44(50-43)33-21-17-30(18-22-33)34-23-25-36-35(27-34)24-26-39-40(36)41-45(51-39)47-38-14-8-7-13-37(38)46-41/h1-27H. The third-order valence-electron chi connectivity index (χ3n) is 9.36. The molecule has 6 heteroatoms. The summed E-state index contributed by atoms with van der Waals surface area (Å²) in [5.41, 5.74) is 11.1. The van der Waals surface area contributed by atoms with Crippen molar-refractivity contribution in [1.29, 1.82) is 0 Å². The lowest BCUT2D eigenvalue weighted by Crippen LogP contribution is -2.00. The first-order valence-corrected chi connectivity index (χ1v) is 16.8. The quantitative estimate of drug-likeness (QED) is 0.184. The van der Waals surface area contributed by atoms with Gasteiger partial charge in [-0.1, -0.05) is 140 Å². The molecule has 0 radical (unpaired) electrons. The van der Waals surface area contributed by atoms with E-state index in [1.54, 1.807) is 0 Å². The first-order chi connectivity index (χ1) is 25.2. The predicted molar refractivity (Wildman–Crippen MR) is 205 cm³/mol. The molecular weight excluding hydrogens is 627 g/mol. The zero-order chi connectivity index (χ0) is 33.7. The summed E-state index contributed by atoms with van der Waals surface area (Å²) in [6.07, 6.45) is 0. The predicted octanol–water partition coefficient (Wildman–Crippen LogP) is 11.2. The van der Waals surface area contributed by atoms with E-state index in [1.165, 1.54) is 5.56 Å². The van der Waals surface area contributed by atoms with Crippen molar-refractivity contribution >= 4 is 44.0 Å². The van der Waals surface area contributed by atoms with Gasteiger partial charge in [-0.3, -0.25) is 0 Å². The Labute approximate surface area is 292 Å². The van der Waals surface area contributed by atoms with Gasteiger partial charge in [-0.25, -0.2) is 24.9 Å². The first-order valence-electron chi connectivity index (χ1n) is 16.8. The Morgan fingerprint density at radius 2 is 0.824 bits per heavy atom. The molecule has 0 atom stereocenters. The van der Waals surface area contributed by atoms with E-state index in [2.05, 4.69) is 97.1 Å². The van der Waals surface area contributed by atoms with E-state index in [9.17, 15) is 0 Å². The summed E-state index contributed by atoms with van der Waals surface area (Å²) in [7, 11) is 0. The third-order valence-corrected chi connectivity index (χ3v) is 9.36. The lowest BCUT2D eigenvalue weighted by Gasteiger charge is -2.10. The Morgan fingerprint density at radius 1 is 0.353 bits per heavy atom. The van der Waals surface area contributed by atoms with E-state index in [-0.39, 0.29) is 0 Å². The second-order valence-corrected chi connectivity index (χ2v) is 12.5. The molecule has 0 fully saturated rings. The highest BCUT2D eigenvalue weighted by molar-refractivity contribution is 6.18. The van der Waals surface area contributed by atoms with Gasteiger partial charge in [0.05, 0.1) is 16.4 Å². The average Bonchev–Trinajstić information content (AvgIpc) is 3.58. The molecule has 0 unspecified atom stereocenters. The highest BCUT2D eigenvalue weighted by Gasteiger charge is 2.16. The Kier molecular flexibility index (Phi) is 6.70. The summed E-state index contributed by atoms with van der Waals surface area (Å²) in [6.45, 7) is 0. The molecule has 3 aromatic heterocycles. The van der Waals surface area contributed by atoms with Crippen molar-refractivity contribution in [3.63, 3.8) is 0 Å². The molecule has 7 aromatic carbocycles. The van der Waals surface area contributed by atoms with E-state index in [4.69, 9.17) is 29.3 Å². The molecule has 0 saturated carbocycles. The lowest BCUT2D eigenvalue weighted by atomic mass is 9.98. The SMILES string of the molecule is c1ccc(-c2ccc(-c3nc(-c4ccccc4)nc(-c4ccc(-c5ccc6c(ccc7oc8nc9ccccc9nc8c76)c5)cc4)n3)cc2)cc1. The smallest absolute Gasteiger partial charge is 0.246 e. The van der Waals surface area contributed by atoms with E-state index < -0.39 is 0 Å². The summed E-state index contributed by atoms with van der Waals surface area (Å²) in [5.74, 6) is 1.89. The van der Waals surface area contributed by atoms with Gasteiger partial charge >= 0.3 is 0 Å². The Hall–Kier alpha value is -7.05. The average molecular weight is 654 g/mol. The number of fused-ring (bicyclic) bond motifs is 6. The molecule has 0 N–H and O–H groups in total. The van der Waals surface area contributed by atoms with Gasteiger partial charge in [-0.05, 0) is 57.3 Å². The van der Waals surface area contributed by atoms with Gasteiger partial charge in [-0.2, -0.15) is 0 Å². The Bertz CT molecular complexity index is 2890. The summed E-state index contributed by atoms with van der Waals surface area (Å²) in [4.78, 5) is 24.5. The molecule has 0 bridgehead atoms. The number of hydrogen-bond donors (Lipinski definition) is 0. The van der Waals surface area contributed by atoms with Crippen molar-refractivity contribution in [3.05, 3.63) is 164 Å². The van der Waals surface area contributed by atoms with Gasteiger partial charge in [0.25, 0.3) is 0 Å². The molecule has 0 aliphatic rings. The number of furan rings is 1. The molecule has 0 saturated heterocycles. The minimum absolute atomic E-state index is 0.553. The van der Waals surface area contributed by atoms with Crippen molar-refractivity contribution in [1.82, 2.24) is 24.9 Å². The van der Waals surface area contributed by atoms with Crippen LogP contribution in [-0.4, -0.2) is 24.9 Å². The van der Waals surface area contributed by atoms with Crippen LogP contribution < -0.4 is 0 Å². The number of aromatic nitrogens is 5. The van der Waals surface area contributed by atoms with Crippen LogP contribution in [-0.2, 0) is 0 Å². The Balaban J connectivity index is 1.02. The van der Waals surface area contributed by atoms with Crippen LogP contribution in [0, 0.1) is 0 Å². The van der Waals surface area contributed by atoms with Crippen molar-refractivity contribution < 1.29 is 4.42 Å². The summed E-state index contributed by atoms with van der Waals surface area (Å²) in [6, 6.07) is 55.7. The third kappa shape index (κ3) is 5.18. The van der Waals surface area contributed by atoms with Crippen LogP contribution in [0.15, 0.2) is 168 Å². The van der Waals surface area contributed by atoms with Gasteiger partial charge in [-0.15, -0.1) is 0 Å². The first kappa shape index (κ1) is 28.9. The molecule has 0 aliphatic heterocycles. The number of hydrogen-bond acceptors (Lipinski definition) is 6. The summed E-state index contributed by atoms with van der Waals surface area (Å²) < 4.78 is 6.15. The summed E-state index contributed by atoms with van der Waals surface area (Å²) in [5, 5.41) is 3.17. The fourth-order valence-corrected chi connectivity index (χ4v) is 6.75. The highest BCUT2D eigenvalue weighted by atomic mass is 16.3. The summed E-state index contributed by atoms with van der Waals surface area (Å²) >= 11 is 0. The van der Waals surface area contributed by atoms with Gasteiger partial charge in [0, 0.05) is 16.7 Å². The Morgan fingerprint density at radius 3 is 1.45 bits per heavy atom. The zero-order valence-corrected chi connectivity index (χ0v) is 27.2. The molecule has 51 heavy (non-hydrogen) atoms. The molecule has 10 aromatic rings. The van der Waals surface area contributed by atoms with Crippen molar-refractivity contribution in [3.8, 4) is 56.4 Å². The molecular formula is C45H27N5O. The molecule has 238 valence electrons. The van der Waals surface area contributed by atoms with Crippen LogP contribution in [0.2, 0.25) is 0 Å². The van der Waals surface area contributed by atoms with Crippen LogP contribution in [0.4, 0.5) is 0 Å². The number of rotatable bonds is 5. The number of para-hydroxylation sites is 2. The van der Waals surface area contributed by atoms with Gasteiger partial charge < -0.3 is 4.42 Å². The van der Waals surface area contributed by atoms with Crippen LogP contribution in [0.25, 0.3) is 100 Å².